The molecule has 8 nitrogen and oxygen atoms in total. The number of carbonyl (C=O) groups is 3. The van der Waals surface area contributed by atoms with Crippen LogP contribution in [0.2, 0.25) is 5.02 Å². The Morgan fingerprint density at radius 2 is 2.00 bits per heavy atom. The number of carbonyl (C=O) groups excluding carboxylic acids is 3. The lowest BCUT2D eigenvalue weighted by atomic mass is 9.95. The van der Waals surface area contributed by atoms with Gasteiger partial charge in [-0.05, 0) is 55.3 Å². The lowest BCUT2D eigenvalue weighted by molar-refractivity contribution is -0.132. The van der Waals surface area contributed by atoms with E-state index in [1.54, 1.807) is 62.4 Å². The highest BCUT2D eigenvalue weighted by molar-refractivity contribution is 7.17. The monoisotopic (exact) mass is 538 g/mol. The summed E-state index contributed by atoms with van der Waals surface area (Å²) in [5.74, 6) is -2.15. The fourth-order valence-electron chi connectivity index (χ4n) is 4.05. The van der Waals surface area contributed by atoms with Crippen LogP contribution in [0.3, 0.4) is 0 Å². The highest BCUT2D eigenvalue weighted by Crippen LogP contribution is 2.44. The molecule has 0 spiro atoms. The Morgan fingerprint density at radius 3 is 2.65 bits per heavy atom. The van der Waals surface area contributed by atoms with Crippen LogP contribution in [0, 0.1) is 13.8 Å². The van der Waals surface area contributed by atoms with Crippen molar-refractivity contribution in [1.82, 2.24) is 4.98 Å². The van der Waals surface area contributed by atoms with Crippen LogP contribution in [0.4, 0.5) is 5.13 Å². The van der Waals surface area contributed by atoms with E-state index < -0.39 is 23.7 Å². The summed E-state index contributed by atoms with van der Waals surface area (Å²) in [6, 6.07) is 10.5. The van der Waals surface area contributed by atoms with E-state index in [0.717, 1.165) is 16.9 Å². The second-order valence-electron chi connectivity index (χ2n) is 8.21. The Bertz CT molecular complexity index is 1460. The molecule has 1 saturated heterocycles. The summed E-state index contributed by atoms with van der Waals surface area (Å²) in [4.78, 5) is 44.6. The molecule has 4 rings (SSSR count). The molecule has 0 unspecified atom stereocenters. The molecule has 2 heterocycles. The van der Waals surface area contributed by atoms with Crippen molar-refractivity contribution in [2.24, 2.45) is 0 Å². The first-order chi connectivity index (χ1) is 17.7. The minimum absolute atomic E-state index is 0.119. The number of ether oxygens (including phenoxy) is 2. The van der Waals surface area contributed by atoms with E-state index in [1.165, 1.54) is 12.0 Å². The topological polar surface area (TPSA) is 106 Å². The molecule has 1 N–H and O–H groups in total. The molecule has 1 aliphatic rings. The molecular formula is C27H23ClN2O6S. The summed E-state index contributed by atoms with van der Waals surface area (Å²) >= 11 is 7.17. The molecule has 1 fully saturated rings. The molecule has 1 aromatic heterocycles. The van der Waals surface area contributed by atoms with Gasteiger partial charge in [0.25, 0.3) is 5.78 Å². The van der Waals surface area contributed by atoms with Crippen LogP contribution in [0.5, 0.6) is 5.75 Å². The summed E-state index contributed by atoms with van der Waals surface area (Å²) < 4.78 is 10.4. The molecule has 10 heteroatoms. The predicted molar refractivity (Wildman–Crippen MR) is 141 cm³/mol. The largest absolute Gasteiger partial charge is 0.507 e. The van der Waals surface area contributed by atoms with Crippen LogP contribution < -0.4 is 9.64 Å². The minimum Gasteiger partial charge on any atom is -0.507 e. The molecule has 37 heavy (non-hydrogen) atoms. The minimum atomic E-state index is -1.04. The fraction of sp³-hybridized carbons (Fsp3) is 0.185. The number of aliphatic hydroxyl groups is 1. The van der Waals surface area contributed by atoms with Crippen molar-refractivity contribution in [3.05, 3.63) is 93.0 Å². The molecule has 1 amide bonds. The van der Waals surface area contributed by atoms with E-state index in [2.05, 4.69) is 11.6 Å². The Morgan fingerprint density at radius 1 is 1.24 bits per heavy atom. The standard InChI is InChI=1S/C27H23ClN2O6S/c1-5-11-36-19-10-9-17(12-14(19)2)22(31)20-21(16-7-6-8-18(28)13-16)30(25(33)23(20)32)27-29-15(3)24(37-27)26(34)35-4/h5-10,12-13,21,31H,1,11H2,2-4H3/t21-/m1/s1. The van der Waals surface area contributed by atoms with E-state index in [0.29, 0.717) is 34.2 Å². The first-order valence-electron chi connectivity index (χ1n) is 11.1. The van der Waals surface area contributed by atoms with Crippen molar-refractivity contribution in [3.63, 3.8) is 0 Å². The lowest BCUT2D eigenvalue weighted by Crippen LogP contribution is -2.29. The Kier molecular flexibility index (Phi) is 7.47. The van der Waals surface area contributed by atoms with Gasteiger partial charge in [-0.25, -0.2) is 9.78 Å². The lowest BCUT2D eigenvalue weighted by Gasteiger charge is -2.23. The van der Waals surface area contributed by atoms with Gasteiger partial charge in [-0.2, -0.15) is 0 Å². The number of anilines is 1. The molecule has 1 atom stereocenters. The van der Waals surface area contributed by atoms with Gasteiger partial charge in [-0.3, -0.25) is 14.5 Å². The maximum absolute atomic E-state index is 13.4. The van der Waals surface area contributed by atoms with Crippen LogP contribution in [0.25, 0.3) is 5.76 Å². The van der Waals surface area contributed by atoms with Crippen molar-refractivity contribution < 1.29 is 29.0 Å². The van der Waals surface area contributed by atoms with Crippen LogP contribution in [-0.4, -0.2) is 41.5 Å². The van der Waals surface area contributed by atoms with E-state index >= 15 is 0 Å². The summed E-state index contributed by atoms with van der Waals surface area (Å²) in [6.07, 6.45) is 1.62. The summed E-state index contributed by atoms with van der Waals surface area (Å²) in [6.45, 7) is 7.35. The van der Waals surface area contributed by atoms with Crippen molar-refractivity contribution >= 4 is 51.5 Å². The van der Waals surface area contributed by atoms with Crippen LogP contribution in [0.15, 0.2) is 60.7 Å². The third-order valence-electron chi connectivity index (χ3n) is 5.78. The van der Waals surface area contributed by atoms with Crippen LogP contribution in [-0.2, 0) is 14.3 Å². The highest BCUT2D eigenvalue weighted by Gasteiger charge is 2.48. The summed E-state index contributed by atoms with van der Waals surface area (Å²) in [5, 5.41) is 11.9. The van der Waals surface area contributed by atoms with Crippen molar-refractivity contribution in [2.45, 2.75) is 19.9 Å². The molecule has 1 aliphatic heterocycles. The molecule has 2 aromatic carbocycles. The van der Waals surface area contributed by atoms with Gasteiger partial charge in [0.1, 0.15) is 23.0 Å². The number of nitrogens with zero attached hydrogens (tertiary/aromatic N) is 2. The Labute approximate surface area is 222 Å². The van der Waals surface area contributed by atoms with Gasteiger partial charge in [0.05, 0.1) is 24.4 Å². The van der Waals surface area contributed by atoms with Crippen LogP contribution in [0.1, 0.15) is 38.1 Å². The number of amides is 1. The van der Waals surface area contributed by atoms with Crippen molar-refractivity contribution in [1.29, 1.82) is 0 Å². The number of Topliss-reactive ketones (excluding diaryl/α,β-unsaturated/α-hetero) is 1. The predicted octanol–water partition coefficient (Wildman–Crippen LogP) is 5.39. The molecule has 3 aromatic rings. The highest BCUT2D eigenvalue weighted by atomic mass is 35.5. The zero-order valence-corrected chi connectivity index (χ0v) is 21.9. The Balaban J connectivity index is 1.90. The number of halogens is 1. The average Bonchev–Trinajstić information content (AvgIpc) is 3.39. The number of hydrogen-bond donors (Lipinski definition) is 1. The van der Waals surface area contributed by atoms with E-state index in [4.69, 9.17) is 21.1 Å². The quantitative estimate of drug-likeness (QED) is 0.141. The summed E-state index contributed by atoms with van der Waals surface area (Å²) in [5.41, 5.74) is 1.77. The van der Waals surface area contributed by atoms with Gasteiger partial charge in [0.2, 0.25) is 0 Å². The van der Waals surface area contributed by atoms with E-state index in [9.17, 15) is 19.5 Å². The number of hydrogen-bond acceptors (Lipinski definition) is 8. The second kappa shape index (κ2) is 10.6. The fourth-order valence-corrected chi connectivity index (χ4v) is 5.26. The summed E-state index contributed by atoms with van der Waals surface area (Å²) in [7, 11) is 1.25. The van der Waals surface area contributed by atoms with Gasteiger partial charge >= 0.3 is 11.9 Å². The molecular weight excluding hydrogens is 516 g/mol. The number of aryl methyl sites for hydroxylation is 2. The maximum atomic E-state index is 13.4. The second-order valence-corrected chi connectivity index (χ2v) is 9.62. The number of aromatic nitrogens is 1. The number of aliphatic hydroxyl groups excluding tert-OH is 1. The number of rotatable bonds is 7. The molecule has 190 valence electrons. The van der Waals surface area contributed by atoms with Gasteiger partial charge in [-0.1, -0.05) is 47.7 Å². The smallest absolute Gasteiger partial charge is 0.350 e. The van der Waals surface area contributed by atoms with E-state index in [-0.39, 0.29) is 21.3 Å². The zero-order valence-electron chi connectivity index (χ0n) is 20.3. The van der Waals surface area contributed by atoms with Gasteiger partial charge in [0, 0.05) is 10.6 Å². The van der Waals surface area contributed by atoms with Crippen molar-refractivity contribution in [3.8, 4) is 5.75 Å². The normalized spacial score (nSPS) is 16.6. The third-order valence-corrected chi connectivity index (χ3v) is 7.15. The van der Waals surface area contributed by atoms with Crippen molar-refractivity contribution in [2.75, 3.05) is 18.6 Å². The van der Waals surface area contributed by atoms with Gasteiger partial charge < -0.3 is 14.6 Å². The number of ketones is 1. The molecule has 0 aliphatic carbocycles. The van der Waals surface area contributed by atoms with Gasteiger partial charge in [-0.15, -0.1) is 0 Å². The number of thiazole rings is 1. The average molecular weight is 539 g/mol. The van der Waals surface area contributed by atoms with Crippen LogP contribution >= 0.6 is 22.9 Å². The molecule has 0 radical (unpaired) electrons. The molecule has 0 bridgehead atoms. The van der Waals surface area contributed by atoms with Gasteiger partial charge in [0.15, 0.2) is 5.13 Å². The molecule has 0 saturated carbocycles. The third kappa shape index (κ3) is 4.87. The van der Waals surface area contributed by atoms with E-state index in [1.807, 2.05) is 0 Å². The zero-order chi connectivity index (χ0) is 26.9. The first-order valence-corrected chi connectivity index (χ1v) is 12.3. The first kappa shape index (κ1) is 26.1. The Hall–Kier alpha value is -3.95. The maximum Gasteiger partial charge on any atom is 0.350 e. The SMILES string of the molecule is C=CCOc1ccc(C(O)=C2C(=O)C(=O)N(c3nc(C)c(C(=O)OC)s3)[C@@H]2c2cccc(Cl)c2)cc1C. The number of methoxy groups -OCH3 is 1. The number of benzene rings is 2. The number of esters is 1.